The van der Waals surface area contributed by atoms with E-state index in [9.17, 15) is 4.79 Å². The van der Waals surface area contributed by atoms with Gasteiger partial charge in [0.25, 0.3) is 0 Å². The first-order chi connectivity index (χ1) is 7.27. The highest BCUT2D eigenvalue weighted by molar-refractivity contribution is 5.80. The zero-order chi connectivity index (χ0) is 11.1. The van der Waals surface area contributed by atoms with Gasteiger partial charge in [0.2, 0.25) is 0 Å². The molecule has 1 rings (SSSR count). The molecule has 0 radical (unpaired) electrons. The molecule has 0 amide bonds. The lowest BCUT2D eigenvalue weighted by Gasteiger charge is -2.06. The molecule has 15 heavy (non-hydrogen) atoms. The van der Waals surface area contributed by atoms with Crippen molar-refractivity contribution in [2.75, 3.05) is 0 Å². The minimum atomic E-state index is 0.338. The Morgan fingerprint density at radius 2 is 1.87 bits per heavy atom. The molecule has 0 bridgehead atoms. The summed E-state index contributed by atoms with van der Waals surface area (Å²) in [5.41, 5.74) is 2.49. The van der Waals surface area contributed by atoms with Crippen molar-refractivity contribution in [2.45, 2.75) is 33.1 Å². The van der Waals surface area contributed by atoms with Gasteiger partial charge in [0.1, 0.15) is 5.78 Å². The van der Waals surface area contributed by atoms with Crippen LogP contribution < -0.4 is 0 Å². The minimum absolute atomic E-state index is 0.338. The third-order valence-electron chi connectivity index (χ3n) is 2.56. The number of allylic oxidation sites excluding steroid dienone is 2. The highest BCUT2D eigenvalue weighted by atomic mass is 16.1. The fourth-order valence-corrected chi connectivity index (χ4v) is 1.56. The van der Waals surface area contributed by atoms with E-state index in [0.717, 1.165) is 6.42 Å². The number of ketones is 1. The topological polar surface area (TPSA) is 17.1 Å². The molecule has 80 valence electrons. The van der Waals surface area contributed by atoms with Crippen LogP contribution in [0, 0.1) is 0 Å². The van der Waals surface area contributed by atoms with Crippen molar-refractivity contribution in [3.63, 3.8) is 0 Å². The third kappa shape index (κ3) is 3.70. The summed E-state index contributed by atoms with van der Waals surface area (Å²) in [5, 5.41) is 0. The molecule has 0 atom stereocenters. The molecule has 1 aromatic rings. The van der Waals surface area contributed by atoms with E-state index < -0.39 is 0 Å². The molecule has 1 aromatic carbocycles. The van der Waals surface area contributed by atoms with E-state index in [1.807, 2.05) is 32.0 Å². The van der Waals surface area contributed by atoms with Crippen LogP contribution in [0.1, 0.15) is 38.7 Å². The van der Waals surface area contributed by atoms with Gasteiger partial charge in [0, 0.05) is 12.8 Å². The van der Waals surface area contributed by atoms with E-state index in [1.54, 1.807) is 0 Å². The van der Waals surface area contributed by atoms with E-state index in [-0.39, 0.29) is 0 Å². The summed E-state index contributed by atoms with van der Waals surface area (Å²) < 4.78 is 0. The molecule has 0 fully saturated rings. The molecule has 0 N–H and O–H groups in total. The van der Waals surface area contributed by atoms with Crippen LogP contribution in [0.4, 0.5) is 0 Å². The van der Waals surface area contributed by atoms with E-state index in [2.05, 4.69) is 18.2 Å². The molecule has 0 aliphatic carbocycles. The summed E-state index contributed by atoms with van der Waals surface area (Å²) in [4.78, 5) is 11.2. The average molecular weight is 202 g/mol. The maximum Gasteiger partial charge on any atom is 0.132 e. The summed E-state index contributed by atoms with van der Waals surface area (Å²) in [6.45, 7) is 3.94. The van der Waals surface area contributed by atoms with Gasteiger partial charge in [0.05, 0.1) is 0 Å². The van der Waals surface area contributed by atoms with Gasteiger partial charge in [-0.05, 0) is 24.5 Å². The molecule has 1 nitrogen and oxygen atoms in total. The Balaban J connectivity index is 2.63. The number of benzene rings is 1. The second kappa shape index (κ2) is 6.18. The van der Waals surface area contributed by atoms with E-state index in [0.29, 0.717) is 18.6 Å². The SMILES string of the molecule is C/C=C(/CCC(=O)CC)c1ccccc1. The highest BCUT2D eigenvalue weighted by Crippen LogP contribution is 2.19. The second-order valence-corrected chi connectivity index (χ2v) is 3.57. The zero-order valence-corrected chi connectivity index (χ0v) is 9.49. The van der Waals surface area contributed by atoms with Crippen LogP contribution >= 0.6 is 0 Å². The summed E-state index contributed by atoms with van der Waals surface area (Å²) >= 11 is 0. The molecule has 0 aliphatic rings. The van der Waals surface area contributed by atoms with Crippen LogP contribution in [0.3, 0.4) is 0 Å². The number of Topliss-reactive ketones (excluding diaryl/α,β-unsaturated/α-hetero) is 1. The predicted molar refractivity (Wildman–Crippen MR) is 64.6 cm³/mol. The quantitative estimate of drug-likeness (QED) is 0.708. The summed E-state index contributed by atoms with van der Waals surface area (Å²) in [6.07, 6.45) is 4.25. The molecule has 0 spiro atoms. The molecule has 1 heteroatoms. The monoisotopic (exact) mass is 202 g/mol. The van der Waals surface area contributed by atoms with Gasteiger partial charge in [-0.3, -0.25) is 4.79 Å². The lowest BCUT2D eigenvalue weighted by Crippen LogP contribution is -1.95. The van der Waals surface area contributed by atoms with Crippen molar-refractivity contribution in [2.24, 2.45) is 0 Å². The first kappa shape index (κ1) is 11.7. The fourth-order valence-electron chi connectivity index (χ4n) is 1.56. The Bertz CT molecular complexity index is 336. The van der Waals surface area contributed by atoms with Crippen molar-refractivity contribution >= 4 is 11.4 Å². The fraction of sp³-hybridized carbons (Fsp3) is 0.357. The van der Waals surface area contributed by atoms with Gasteiger partial charge in [0.15, 0.2) is 0 Å². The first-order valence-corrected chi connectivity index (χ1v) is 5.50. The van der Waals surface area contributed by atoms with Crippen molar-refractivity contribution < 1.29 is 4.79 Å². The molecular weight excluding hydrogens is 184 g/mol. The Labute approximate surface area is 91.8 Å². The molecule has 0 aliphatic heterocycles. The standard InChI is InChI=1S/C14H18O/c1-3-12(10-11-14(15)4-2)13-8-6-5-7-9-13/h3,5-9H,4,10-11H2,1-2H3/b12-3-. The van der Waals surface area contributed by atoms with Gasteiger partial charge in [-0.2, -0.15) is 0 Å². The summed E-state index contributed by atoms with van der Waals surface area (Å²) in [7, 11) is 0. The van der Waals surface area contributed by atoms with Crippen LogP contribution in [0.15, 0.2) is 36.4 Å². The normalized spacial score (nSPS) is 11.5. The van der Waals surface area contributed by atoms with Crippen molar-refractivity contribution in [1.82, 2.24) is 0 Å². The van der Waals surface area contributed by atoms with Crippen LogP contribution in [0.2, 0.25) is 0 Å². The van der Waals surface area contributed by atoms with Gasteiger partial charge < -0.3 is 0 Å². The van der Waals surface area contributed by atoms with Crippen molar-refractivity contribution in [1.29, 1.82) is 0 Å². The van der Waals surface area contributed by atoms with Crippen molar-refractivity contribution in [3.05, 3.63) is 42.0 Å². The third-order valence-corrected chi connectivity index (χ3v) is 2.56. The first-order valence-electron chi connectivity index (χ1n) is 5.50. The minimum Gasteiger partial charge on any atom is -0.300 e. The Morgan fingerprint density at radius 3 is 2.40 bits per heavy atom. The lowest BCUT2D eigenvalue weighted by molar-refractivity contribution is -0.118. The van der Waals surface area contributed by atoms with E-state index in [1.165, 1.54) is 11.1 Å². The van der Waals surface area contributed by atoms with Crippen molar-refractivity contribution in [3.8, 4) is 0 Å². The molecule has 0 saturated heterocycles. The largest absolute Gasteiger partial charge is 0.300 e. The maximum absolute atomic E-state index is 11.2. The smallest absolute Gasteiger partial charge is 0.132 e. The Morgan fingerprint density at radius 1 is 1.20 bits per heavy atom. The average Bonchev–Trinajstić information content (AvgIpc) is 2.31. The van der Waals surface area contributed by atoms with Crippen LogP contribution in [0.5, 0.6) is 0 Å². The highest BCUT2D eigenvalue weighted by Gasteiger charge is 2.03. The summed E-state index contributed by atoms with van der Waals surface area (Å²) in [5.74, 6) is 0.338. The molecule has 0 aromatic heterocycles. The van der Waals surface area contributed by atoms with Crippen LogP contribution in [-0.4, -0.2) is 5.78 Å². The lowest BCUT2D eigenvalue weighted by atomic mass is 9.99. The molecule has 0 heterocycles. The van der Waals surface area contributed by atoms with Crippen LogP contribution in [0.25, 0.3) is 5.57 Å². The maximum atomic E-state index is 11.2. The number of rotatable bonds is 5. The number of hydrogen-bond donors (Lipinski definition) is 0. The predicted octanol–water partition coefficient (Wildman–Crippen LogP) is 3.85. The zero-order valence-electron chi connectivity index (χ0n) is 9.49. The number of carbonyl (C=O) groups is 1. The number of hydrogen-bond acceptors (Lipinski definition) is 1. The van der Waals surface area contributed by atoms with Gasteiger partial charge in [-0.25, -0.2) is 0 Å². The summed E-state index contributed by atoms with van der Waals surface area (Å²) in [6, 6.07) is 10.2. The second-order valence-electron chi connectivity index (χ2n) is 3.57. The van der Waals surface area contributed by atoms with E-state index >= 15 is 0 Å². The molecule has 0 unspecified atom stereocenters. The van der Waals surface area contributed by atoms with Crippen LogP contribution in [-0.2, 0) is 4.79 Å². The molecular formula is C14H18O. The van der Waals surface area contributed by atoms with E-state index in [4.69, 9.17) is 0 Å². The Hall–Kier alpha value is -1.37. The van der Waals surface area contributed by atoms with Gasteiger partial charge in [-0.15, -0.1) is 0 Å². The Kier molecular flexibility index (Phi) is 4.82. The number of carbonyl (C=O) groups excluding carboxylic acids is 1. The van der Waals surface area contributed by atoms with Gasteiger partial charge in [-0.1, -0.05) is 43.3 Å². The van der Waals surface area contributed by atoms with Gasteiger partial charge >= 0.3 is 0 Å². The molecule has 0 saturated carbocycles.